The first-order valence-electron chi connectivity index (χ1n) is 4.48. The fourth-order valence-electron chi connectivity index (χ4n) is 1.61. The molecular formula is C10H8N4S. The molecule has 0 aliphatic rings. The molecule has 4 nitrogen and oxygen atoms in total. The Morgan fingerprint density at radius 2 is 2.27 bits per heavy atom. The minimum absolute atomic E-state index is 0.571. The van der Waals surface area contributed by atoms with E-state index < -0.39 is 0 Å². The van der Waals surface area contributed by atoms with Crippen molar-refractivity contribution < 1.29 is 0 Å². The van der Waals surface area contributed by atoms with E-state index >= 15 is 0 Å². The van der Waals surface area contributed by atoms with E-state index in [4.69, 9.17) is 5.73 Å². The lowest BCUT2D eigenvalue weighted by Crippen LogP contribution is -1.86. The van der Waals surface area contributed by atoms with Crippen molar-refractivity contribution in [3.8, 4) is 10.4 Å². The van der Waals surface area contributed by atoms with Crippen molar-refractivity contribution in [2.75, 3.05) is 5.73 Å². The first-order valence-corrected chi connectivity index (χ1v) is 5.36. The first-order chi connectivity index (χ1) is 7.36. The lowest BCUT2D eigenvalue weighted by atomic mass is 10.1. The molecule has 3 rings (SSSR count). The summed E-state index contributed by atoms with van der Waals surface area (Å²) in [5, 5.41) is 9.72. The minimum Gasteiger partial charge on any atom is -0.383 e. The molecule has 3 aromatic rings. The largest absolute Gasteiger partial charge is 0.383 e. The Kier molecular flexibility index (Phi) is 1.72. The Hall–Kier alpha value is -1.88. The van der Waals surface area contributed by atoms with Crippen LogP contribution in [-0.2, 0) is 0 Å². The lowest BCUT2D eigenvalue weighted by molar-refractivity contribution is 1.10. The number of nitrogen functional groups attached to an aromatic ring is 1. The molecule has 5 heteroatoms. The van der Waals surface area contributed by atoms with Gasteiger partial charge in [-0.05, 0) is 17.5 Å². The van der Waals surface area contributed by atoms with Crippen LogP contribution in [0, 0.1) is 0 Å². The normalized spacial score (nSPS) is 10.9. The molecule has 0 amide bonds. The molecule has 0 bridgehead atoms. The highest BCUT2D eigenvalue weighted by Gasteiger charge is 2.10. The van der Waals surface area contributed by atoms with Crippen molar-refractivity contribution >= 4 is 28.2 Å². The van der Waals surface area contributed by atoms with E-state index in [1.165, 1.54) is 4.88 Å². The Bertz CT molecular complexity index is 597. The Balaban J connectivity index is 2.39. The predicted molar refractivity (Wildman–Crippen MR) is 61.6 cm³/mol. The van der Waals surface area contributed by atoms with Crippen LogP contribution in [0.5, 0.6) is 0 Å². The smallest absolute Gasteiger partial charge is 0.183 e. The molecular weight excluding hydrogens is 208 g/mol. The number of fused-ring (bicyclic) bond motifs is 1. The number of hydrogen-bond donors (Lipinski definition) is 2. The summed E-state index contributed by atoms with van der Waals surface area (Å²) in [7, 11) is 0. The van der Waals surface area contributed by atoms with E-state index in [0.717, 1.165) is 10.9 Å². The molecule has 15 heavy (non-hydrogen) atoms. The molecule has 0 aliphatic heterocycles. The van der Waals surface area contributed by atoms with E-state index in [0.29, 0.717) is 11.5 Å². The number of aromatic nitrogens is 3. The number of thiophene rings is 1. The van der Waals surface area contributed by atoms with Gasteiger partial charge in [-0.15, -0.1) is 11.3 Å². The SMILES string of the molecule is Nc1[nH]nc2nccc(-c3cccs3)c12. The molecule has 3 aromatic heterocycles. The number of nitrogens with one attached hydrogen (secondary N) is 1. The molecule has 0 atom stereocenters. The van der Waals surface area contributed by atoms with Crippen LogP contribution in [0.25, 0.3) is 21.5 Å². The Morgan fingerprint density at radius 1 is 1.33 bits per heavy atom. The predicted octanol–water partition coefficient (Wildman–Crippen LogP) is 2.27. The van der Waals surface area contributed by atoms with Crippen LogP contribution in [0.1, 0.15) is 0 Å². The fraction of sp³-hybridized carbons (Fsp3) is 0. The van der Waals surface area contributed by atoms with Gasteiger partial charge in [0, 0.05) is 16.6 Å². The monoisotopic (exact) mass is 216 g/mol. The maximum Gasteiger partial charge on any atom is 0.183 e. The Labute approximate surface area is 89.8 Å². The number of anilines is 1. The van der Waals surface area contributed by atoms with Gasteiger partial charge in [0.15, 0.2) is 5.65 Å². The number of H-pyrrole nitrogens is 1. The summed E-state index contributed by atoms with van der Waals surface area (Å²) in [5.74, 6) is 0.571. The summed E-state index contributed by atoms with van der Waals surface area (Å²) in [4.78, 5) is 5.33. The molecule has 0 unspecified atom stereocenters. The van der Waals surface area contributed by atoms with Gasteiger partial charge in [0.05, 0.1) is 5.39 Å². The summed E-state index contributed by atoms with van der Waals surface area (Å²) in [6, 6.07) is 6.04. The van der Waals surface area contributed by atoms with E-state index in [1.54, 1.807) is 17.5 Å². The summed E-state index contributed by atoms with van der Waals surface area (Å²) >= 11 is 1.68. The van der Waals surface area contributed by atoms with Crippen LogP contribution in [-0.4, -0.2) is 15.2 Å². The van der Waals surface area contributed by atoms with Crippen LogP contribution in [0.2, 0.25) is 0 Å². The maximum atomic E-state index is 5.83. The van der Waals surface area contributed by atoms with Gasteiger partial charge in [-0.2, -0.15) is 5.10 Å². The second kappa shape index (κ2) is 3.06. The minimum atomic E-state index is 0.571. The second-order valence-corrected chi connectivity index (χ2v) is 4.12. The van der Waals surface area contributed by atoms with Gasteiger partial charge in [0.1, 0.15) is 5.82 Å². The zero-order valence-corrected chi connectivity index (χ0v) is 8.58. The molecule has 0 aromatic carbocycles. The molecule has 0 saturated carbocycles. The van der Waals surface area contributed by atoms with Crippen LogP contribution in [0.3, 0.4) is 0 Å². The fourth-order valence-corrected chi connectivity index (χ4v) is 2.37. The molecule has 0 spiro atoms. The highest BCUT2D eigenvalue weighted by Crippen LogP contribution is 2.32. The summed E-state index contributed by atoms with van der Waals surface area (Å²) < 4.78 is 0. The number of nitrogens with two attached hydrogens (primary N) is 1. The number of hydrogen-bond acceptors (Lipinski definition) is 4. The average Bonchev–Trinajstić information content (AvgIpc) is 2.88. The number of pyridine rings is 1. The molecule has 0 fully saturated rings. The van der Waals surface area contributed by atoms with Gasteiger partial charge < -0.3 is 5.73 Å². The van der Waals surface area contributed by atoms with Gasteiger partial charge in [0.25, 0.3) is 0 Å². The quantitative estimate of drug-likeness (QED) is 0.655. The summed E-state index contributed by atoms with van der Waals surface area (Å²) in [6.45, 7) is 0. The highest BCUT2D eigenvalue weighted by atomic mass is 32.1. The van der Waals surface area contributed by atoms with Crippen LogP contribution in [0.4, 0.5) is 5.82 Å². The van der Waals surface area contributed by atoms with Gasteiger partial charge in [0.2, 0.25) is 0 Å². The first kappa shape index (κ1) is 8.43. The number of aromatic amines is 1. The van der Waals surface area contributed by atoms with E-state index in [2.05, 4.69) is 21.2 Å². The van der Waals surface area contributed by atoms with Crippen molar-refractivity contribution in [1.29, 1.82) is 0 Å². The maximum absolute atomic E-state index is 5.83. The van der Waals surface area contributed by atoms with Crippen molar-refractivity contribution in [3.63, 3.8) is 0 Å². The third kappa shape index (κ3) is 1.20. The van der Waals surface area contributed by atoms with E-state index in [9.17, 15) is 0 Å². The third-order valence-electron chi connectivity index (χ3n) is 2.27. The van der Waals surface area contributed by atoms with Gasteiger partial charge in [-0.3, -0.25) is 5.10 Å². The van der Waals surface area contributed by atoms with Gasteiger partial charge in [-0.1, -0.05) is 6.07 Å². The van der Waals surface area contributed by atoms with Gasteiger partial charge >= 0.3 is 0 Å². The standard InChI is InChI=1S/C10H8N4S/c11-9-8-6(7-2-1-5-15-7)3-4-12-10(8)14-13-9/h1-5H,(H3,11,12,13,14). The number of rotatable bonds is 1. The second-order valence-electron chi connectivity index (χ2n) is 3.17. The molecule has 0 radical (unpaired) electrons. The van der Waals surface area contributed by atoms with Crippen molar-refractivity contribution in [3.05, 3.63) is 29.8 Å². The van der Waals surface area contributed by atoms with Crippen LogP contribution in [0.15, 0.2) is 29.8 Å². The van der Waals surface area contributed by atoms with Crippen molar-refractivity contribution in [2.24, 2.45) is 0 Å². The van der Waals surface area contributed by atoms with E-state index in [1.807, 2.05) is 17.5 Å². The van der Waals surface area contributed by atoms with Crippen LogP contribution < -0.4 is 5.73 Å². The summed E-state index contributed by atoms with van der Waals surface area (Å²) in [5.41, 5.74) is 7.58. The Morgan fingerprint density at radius 3 is 3.07 bits per heavy atom. The van der Waals surface area contributed by atoms with Crippen molar-refractivity contribution in [1.82, 2.24) is 15.2 Å². The average molecular weight is 216 g/mol. The third-order valence-corrected chi connectivity index (χ3v) is 3.17. The molecule has 74 valence electrons. The van der Waals surface area contributed by atoms with Crippen molar-refractivity contribution in [2.45, 2.75) is 0 Å². The van der Waals surface area contributed by atoms with E-state index in [-0.39, 0.29) is 0 Å². The lowest BCUT2D eigenvalue weighted by Gasteiger charge is -1.98. The molecule has 3 N–H and O–H groups in total. The zero-order valence-electron chi connectivity index (χ0n) is 7.77. The molecule has 0 saturated heterocycles. The van der Waals surface area contributed by atoms with Gasteiger partial charge in [-0.25, -0.2) is 4.98 Å². The zero-order chi connectivity index (χ0) is 10.3. The van der Waals surface area contributed by atoms with Crippen LogP contribution >= 0.6 is 11.3 Å². The summed E-state index contributed by atoms with van der Waals surface area (Å²) in [6.07, 6.45) is 1.75. The highest BCUT2D eigenvalue weighted by molar-refractivity contribution is 7.13. The molecule has 3 heterocycles. The number of nitrogens with zero attached hydrogens (tertiary/aromatic N) is 2. The topological polar surface area (TPSA) is 67.6 Å². The molecule has 0 aliphatic carbocycles.